The zero-order valence-electron chi connectivity index (χ0n) is 8.65. The Labute approximate surface area is 113 Å². The van der Waals surface area contributed by atoms with Crippen LogP contribution in [0.3, 0.4) is 0 Å². The van der Waals surface area contributed by atoms with Crippen molar-refractivity contribution < 1.29 is 0 Å². The first-order valence-corrected chi connectivity index (χ1v) is 6.63. The van der Waals surface area contributed by atoms with E-state index >= 15 is 0 Å². The highest BCUT2D eigenvalue weighted by atomic mass is 35.5. The first kappa shape index (κ1) is 11.0. The van der Waals surface area contributed by atoms with Crippen LogP contribution in [0.1, 0.15) is 0 Å². The number of hydrogen-bond donors (Lipinski definition) is 0. The maximum atomic E-state index is 6.14. The minimum absolute atomic E-state index is 0.530. The number of aromatic nitrogens is 1. The topological polar surface area (TPSA) is 12.9 Å². The van der Waals surface area contributed by atoms with Crippen LogP contribution in [0.5, 0.6) is 0 Å². The lowest BCUT2D eigenvalue weighted by Crippen LogP contribution is -1.75. The fourth-order valence-electron chi connectivity index (χ4n) is 1.64. The van der Waals surface area contributed by atoms with Gasteiger partial charge in [-0.15, -0.1) is 11.3 Å². The summed E-state index contributed by atoms with van der Waals surface area (Å²) in [6.45, 7) is 0. The summed E-state index contributed by atoms with van der Waals surface area (Å²) in [4.78, 5) is 4.55. The van der Waals surface area contributed by atoms with Crippen molar-refractivity contribution in [3.63, 3.8) is 0 Å². The highest BCUT2D eigenvalue weighted by Crippen LogP contribution is 2.36. The van der Waals surface area contributed by atoms with Gasteiger partial charge >= 0.3 is 0 Å². The van der Waals surface area contributed by atoms with E-state index in [0.29, 0.717) is 10.0 Å². The van der Waals surface area contributed by atoms with Crippen LogP contribution in [-0.4, -0.2) is 4.98 Å². The Morgan fingerprint density at radius 2 is 1.71 bits per heavy atom. The molecule has 3 rings (SSSR count). The van der Waals surface area contributed by atoms with Crippen molar-refractivity contribution in [2.24, 2.45) is 0 Å². The molecule has 1 nitrogen and oxygen atoms in total. The average molecular weight is 280 g/mol. The molecule has 0 radical (unpaired) electrons. The highest BCUT2D eigenvalue weighted by molar-refractivity contribution is 7.21. The summed E-state index contributed by atoms with van der Waals surface area (Å²) < 4.78 is 1.05. The number of hydrogen-bond acceptors (Lipinski definition) is 2. The predicted molar refractivity (Wildman–Crippen MR) is 75.1 cm³/mol. The van der Waals surface area contributed by atoms with Gasteiger partial charge in [0, 0.05) is 5.56 Å². The number of halogens is 2. The van der Waals surface area contributed by atoms with Gasteiger partial charge in [-0.3, -0.25) is 0 Å². The van der Waals surface area contributed by atoms with Crippen molar-refractivity contribution in [3.05, 3.63) is 52.5 Å². The molecule has 3 aromatic rings. The predicted octanol–water partition coefficient (Wildman–Crippen LogP) is 5.27. The molecule has 0 aliphatic heterocycles. The van der Waals surface area contributed by atoms with Gasteiger partial charge in [0.15, 0.2) is 0 Å². The molecule has 0 N–H and O–H groups in total. The van der Waals surface area contributed by atoms with Crippen molar-refractivity contribution in [1.29, 1.82) is 0 Å². The van der Waals surface area contributed by atoms with Crippen LogP contribution in [0, 0.1) is 0 Å². The second-order valence-electron chi connectivity index (χ2n) is 3.59. The van der Waals surface area contributed by atoms with Crippen molar-refractivity contribution in [2.45, 2.75) is 0 Å². The third-order valence-electron chi connectivity index (χ3n) is 2.47. The molecule has 0 amide bonds. The second kappa shape index (κ2) is 4.30. The molecule has 0 spiro atoms. The lowest BCUT2D eigenvalue weighted by atomic mass is 10.2. The van der Waals surface area contributed by atoms with E-state index in [1.165, 1.54) is 0 Å². The smallest absolute Gasteiger partial charge is 0.124 e. The van der Waals surface area contributed by atoms with Crippen molar-refractivity contribution in [1.82, 2.24) is 4.98 Å². The van der Waals surface area contributed by atoms with Gasteiger partial charge in [0.1, 0.15) is 10.5 Å². The Kier molecular flexibility index (Phi) is 2.79. The monoisotopic (exact) mass is 279 g/mol. The van der Waals surface area contributed by atoms with Gasteiger partial charge in [0.05, 0.1) is 14.7 Å². The first-order chi connectivity index (χ1) is 8.25. The van der Waals surface area contributed by atoms with Crippen molar-refractivity contribution >= 4 is 44.8 Å². The van der Waals surface area contributed by atoms with Gasteiger partial charge in [-0.05, 0) is 12.1 Å². The van der Waals surface area contributed by atoms with Gasteiger partial charge < -0.3 is 0 Å². The van der Waals surface area contributed by atoms with Crippen LogP contribution in [0.15, 0.2) is 42.5 Å². The summed E-state index contributed by atoms with van der Waals surface area (Å²) in [5.41, 5.74) is 1.88. The maximum absolute atomic E-state index is 6.14. The Morgan fingerprint density at radius 1 is 0.941 bits per heavy atom. The van der Waals surface area contributed by atoms with E-state index in [-0.39, 0.29) is 0 Å². The minimum Gasteiger partial charge on any atom is -0.234 e. The maximum Gasteiger partial charge on any atom is 0.124 e. The Balaban J connectivity index is 2.24. The van der Waals surface area contributed by atoms with Crippen LogP contribution in [0.2, 0.25) is 10.0 Å². The molecule has 1 aromatic heterocycles. The SMILES string of the molecule is Clc1ccc2sc(-c3ccccc3)nc2c1Cl. The van der Waals surface area contributed by atoms with E-state index < -0.39 is 0 Å². The highest BCUT2D eigenvalue weighted by Gasteiger charge is 2.10. The lowest BCUT2D eigenvalue weighted by Gasteiger charge is -1.94. The van der Waals surface area contributed by atoms with Crippen LogP contribution in [0.25, 0.3) is 20.8 Å². The molecule has 1 heterocycles. The van der Waals surface area contributed by atoms with Gasteiger partial charge in [-0.25, -0.2) is 4.98 Å². The zero-order chi connectivity index (χ0) is 11.8. The lowest BCUT2D eigenvalue weighted by molar-refractivity contribution is 1.48. The second-order valence-corrected chi connectivity index (χ2v) is 5.41. The molecular weight excluding hydrogens is 273 g/mol. The normalized spacial score (nSPS) is 10.9. The summed E-state index contributed by atoms with van der Waals surface area (Å²) in [5, 5.41) is 2.04. The Morgan fingerprint density at radius 3 is 2.47 bits per heavy atom. The summed E-state index contributed by atoms with van der Waals surface area (Å²) in [6.07, 6.45) is 0. The van der Waals surface area contributed by atoms with Gasteiger partial charge in [-0.2, -0.15) is 0 Å². The summed E-state index contributed by atoms with van der Waals surface area (Å²) in [5.74, 6) is 0. The molecule has 4 heteroatoms. The standard InChI is InChI=1S/C13H7Cl2NS/c14-9-6-7-10-12(11(9)15)16-13(17-10)8-4-2-1-3-5-8/h1-7H. The van der Waals surface area contributed by atoms with E-state index in [2.05, 4.69) is 4.98 Å². The molecule has 0 saturated heterocycles. The van der Waals surface area contributed by atoms with E-state index in [9.17, 15) is 0 Å². The van der Waals surface area contributed by atoms with Gasteiger partial charge in [0.25, 0.3) is 0 Å². The van der Waals surface area contributed by atoms with Crippen LogP contribution >= 0.6 is 34.5 Å². The number of fused-ring (bicyclic) bond motifs is 1. The van der Waals surface area contributed by atoms with Crippen LogP contribution < -0.4 is 0 Å². The first-order valence-electron chi connectivity index (χ1n) is 5.05. The molecule has 0 atom stereocenters. The van der Waals surface area contributed by atoms with Crippen molar-refractivity contribution in [2.75, 3.05) is 0 Å². The van der Waals surface area contributed by atoms with Crippen molar-refractivity contribution in [3.8, 4) is 10.6 Å². The molecular formula is C13H7Cl2NS. The van der Waals surface area contributed by atoms with E-state index in [1.54, 1.807) is 17.4 Å². The molecule has 17 heavy (non-hydrogen) atoms. The van der Waals surface area contributed by atoms with Crippen LogP contribution in [0.4, 0.5) is 0 Å². The number of thiazole rings is 1. The Hall–Kier alpha value is -1.09. The fourth-order valence-corrected chi connectivity index (χ4v) is 3.04. The van der Waals surface area contributed by atoms with Crippen LogP contribution in [-0.2, 0) is 0 Å². The molecule has 0 fully saturated rings. The van der Waals surface area contributed by atoms with Gasteiger partial charge in [-0.1, -0.05) is 53.5 Å². The molecule has 0 saturated carbocycles. The summed E-state index contributed by atoms with van der Waals surface area (Å²) in [6, 6.07) is 13.8. The van der Waals surface area contributed by atoms with E-state index in [4.69, 9.17) is 23.2 Å². The van der Waals surface area contributed by atoms with E-state index in [0.717, 1.165) is 20.8 Å². The molecule has 0 unspecified atom stereocenters. The molecule has 2 aromatic carbocycles. The molecule has 0 bridgehead atoms. The fraction of sp³-hybridized carbons (Fsp3) is 0. The van der Waals surface area contributed by atoms with Gasteiger partial charge in [0.2, 0.25) is 0 Å². The van der Waals surface area contributed by atoms with E-state index in [1.807, 2.05) is 36.4 Å². The third-order valence-corrected chi connectivity index (χ3v) is 4.34. The molecule has 84 valence electrons. The number of benzene rings is 2. The minimum atomic E-state index is 0.530. The number of nitrogens with zero attached hydrogens (tertiary/aromatic N) is 1. The average Bonchev–Trinajstić information content (AvgIpc) is 2.80. The largest absolute Gasteiger partial charge is 0.234 e. The molecule has 0 aliphatic rings. The zero-order valence-corrected chi connectivity index (χ0v) is 11.0. The Bertz CT molecular complexity index is 676. The third kappa shape index (κ3) is 1.93. The summed E-state index contributed by atoms with van der Waals surface area (Å²) >= 11 is 13.7. The quantitative estimate of drug-likeness (QED) is 0.591. The molecule has 0 aliphatic carbocycles. The summed E-state index contributed by atoms with van der Waals surface area (Å²) in [7, 11) is 0. The number of rotatable bonds is 1.